The summed E-state index contributed by atoms with van der Waals surface area (Å²) in [6.07, 6.45) is 4.16. The number of fused-ring (bicyclic) bond motifs is 3. The second kappa shape index (κ2) is 7.39. The van der Waals surface area contributed by atoms with Crippen LogP contribution < -0.4 is 14.9 Å². The van der Waals surface area contributed by atoms with Crippen molar-refractivity contribution in [1.82, 2.24) is 29.6 Å². The van der Waals surface area contributed by atoms with E-state index in [9.17, 15) is 17.2 Å². The van der Waals surface area contributed by atoms with Crippen molar-refractivity contribution in [2.75, 3.05) is 18.0 Å². The molecule has 0 amide bonds. The molecule has 3 fully saturated rings. The van der Waals surface area contributed by atoms with Gasteiger partial charge in [0.05, 0.1) is 17.4 Å². The molecular formula is C20H23F2N7O2S2. The van der Waals surface area contributed by atoms with Gasteiger partial charge in [0.2, 0.25) is 10.0 Å². The number of imidazole rings is 1. The number of aromatic nitrogens is 4. The van der Waals surface area contributed by atoms with Crippen LogP contribution in [0.5, 0.6) is 0 Å². The van der Waals surface area contributed by atoms with Gasteiger partial charge in [-0.2, -0.15) is 0 Å². The van der Waals surface area contributed by atoms with Gasteiger partial charge in [0.25, 0.3) is 6.43 Å². The molecule has 2 saturated heterocycles. The van der Waals surface area contributed by atoms with Crippen molar-refractivity contribution in [3.05, 3.63) is 23.5 Å². The van der Waals surface area contributed by atoms with Crippen LogP contribution in [0.4, 0.5) is 14.5 Å². The Balaban J connectivity index is 1.50. The average Bonchev–Trinajstić information content (AvgIpc) is 3.17. The summed E-state index contributed by atoms with van der Waals surface area (Å²) in [6.45, 7) is 3.40. The maximum atomic E-state index is 13.3. The number of piperazine rings is 1. The summed E-state index contributed by atoms with van der Waals surface area (Å²) in [4.78, 5) is 6.74. The Bertz CT molecular complexity index is 1320. The smallest absolute Gasteiger partial charge is 0.291 e. The van der Waals surface area contributed by atoms with Gasteiger partial charge in [0.15, 0.2) is 15.8 Å². The molecule has 13 heteroatoms. The van der Waals surface area contributed by atoms with Crippen LogP contribution in [0.15, 0.2) is 23.4 Å². The van der Waals surface area contributed by atoms with E-state index in [-0.39, 0.29) is 9.90 Å². The summed E-state index contributed by atoms with van der Waals surface area (Å²) in [6, 6.07) is 2.41. The molecule has 9 nitrogen and oxygen atoms in total. The third-order valence-corrected chi connectivity index (χ3v) is 9.19. The molecule has 2 unspecified atom stereocenters. The van der Waals surface area contributed by atoms with Crippen molar-refractivity contribution >= 4 is 32.6 Å². The van der Waals surface area contributed by atoms with E-state index >= 15 is 0 Å². The molecule has 33 heavy (non-hydrogen) atoms. The minimum absolute atomic E-state index is 0.113. The van der Waals surface area contributed by atoms with E-state index in [1.54, 1.807) is 16.7 Å². The number of alkyl halides is 2. The molecule has 2 N–H and O–H groups in total. The lowest BCUT2D eigenvalue weighted by atomic mass is 10.2. The number of anilines is 1. The molecule has 0 radical (unpaired) electrons. The van der Waals surface area contributed by atoms with Gasteiger partial charge >= 0.3 is 0 Å². The highest BCUT2D eigenvalue weighted by Crippen LogP contribution is 2.38. The number of nitrogens with one attached hydrogen (secondary N) is 2. The maximum absolute atomic E-state index is 13.3. The highest BCUT2D eigenvalue weighted by molar-refractivity contribution is 7.89. The average molecular weight is 496 g/mol. The lowest BCUT2D eigenvalue weighted by Gasteiger charge is -2.35. The van der Waals surface area contributed by atoms with Crippen molar-refractivity contribution < 1.29 is 17.2 Å². The fraction of sp³-hybridized carbons (Fsp3) is 0.550. The number of nitrogens with zero attached hydrogens (tertiary/aromatic N) is 5. The highest BCUT2D eigenvalue weighted by atomic mass is 32.2. The first kappa shape index (κ1) is 21.3. The number of halogens is 2. The monoisotopic (exact) mass is 495 g/mol. The summed E-state index contributed by atoms with van der Waals surface area (Å²) in [5.74, 6) is 0.295. The molecular weight excluding hydrogens is 472 g/mol. The van der Waals surface area contributed by atoms with Crippen molar-refractivity contribution in [1.29, 1.82) is 0 Å². The zero-order chi connectivity index (χ0) is 23.0. The van der Waals surface area contributed by atoms with Crippen LogP contribution in [-0.4, -0.2) is 58.7 Å². The molecule has 2 atom stereocenters. The zero-order valence-electron chi connectivity index (χ0n) is 17.8. The van der Waals surface area contributed by atoms with Crippen molar-refractivity contribution in [3.63, 3.8) is 0 Å². The molecule has 1 aliphatic carbocycles. The third-order valence-electron chi connectivity index (χ3n) is 6.66. The van der Waals surface area contributed by atoms with E-state index in [1.807, 2.05) is 6.92 Å². The lowest BCUT2D eigenvalue weighted by Crippen LogP contribution is -2.51. The second-order valence-electron chi connectivity index (χ2n) is 9.35. The van der Waals surface area contributed by atoms with Gasteiger partial charge in [-0.3, -0.25) is 4.40 Å². The van der Waals surface area contributed by atoms with Crippen LogP contribution in [0.25, 0.3) is 16.3 Å². The molecule has 3 aromatic heterocycles. The molecule has 3 aliphatic rings. The first-order chi connectivity index (χ1) is 15.7. The Labute approximate surface area is 193 Å². The SMILES string of the molecule is CC1(NS(=O)(=O)c2cc(N3CC4CCC(C3)N4)c3cnc(-c4nnc(C(F)F)s4)n3c2)CC1. The Morgan fingerprint density at radius 2 is 1.97 bits per heavy atom. The second-order valence-corrected chi connectivity index (χ2v) is 12.0. The number of sulfonamides is 1. The van der Waals surface area contributed by atoms with Crippen LogP contribution in [0.2, 0.25) is 0 Å². The largest absolute Gasteiger partial charge is 0.367 e. The van der Waals surface area contributed by atoms with Crippen LogP contribution in [0, 0.1) is 0 Å². The first-order valence-electron chi connectivity index (χ1n) is 10.9. The molecule has 5 heterocycles. The van der Waals surface area contributed by atoms with Crippen molar-refractivity contribution in [2.24, 2.45) is 0 Å². The number of pyridine rings is 1. The minimum atomic E-state index is -3.80. The lowest BCUT2D eigenvalue weighted by molar-refractivity contribution is 0.150. The van der Waals surface area contributed by atoms with Crippen LogP contribution in [-0.2, 0) is 10.0 Å². The molecule has 176 valence electrons. The Kier molecular flexibility index (Phi) is 4.77. The normalized spacial score (nSPS) is 24.2. The van der Waals surface area contributed by atoms with Crippen molar-refractivity contribution in [2.45, 2.75) is 61.6 Å². The van der Waals surface area contributed by atoms with E-state index in [0.717, 1.165) is 55.8 Å². The Hall–Kier alpha value is -2.22. The van der Waals surface area contributed by atoms with Gasteiger partial charge in [0, 0.05) is 36.9 Å². The van der Waals surface area contributed by atoms with Gasteiger partial charge in [-0.15, -0.1) is 10.2 Å². The van der Waals surface area contributed by atoms with Gasteiger partial charge in [-0.05, 0) is 38.7 Å². The molecule has 1 saturated carbocycles. The number of rotatable bonds is 6. The predicted molar refractivity (Wildman–Crippen MR) is 119 cm³/mol. The van der Waals surface area contributed by atoms with E-state index in [1.165, 1.54) is 6.20 Å². The predicted octanol–water partition coefficient (Wildman–Crippen LogP) is 2.56. The Morgan fingerprint density at radius 1 is 1.24 bits per heavy atom. The number of hydrogen-bond donors (Lipinski definition) is 2. The maximum Gasteiger partial charge on any atom is 0.291 e. The van der Waals surface area contributed by atoms with Crippen LogP contribution >= 0.6 is 11.3 Å². The summed E-state index contributed by atoms with van der Waals surface area (Å²) < 4.78 is 57.2. The third kappa shape index (κ3) is 3.80. The van der Waals surface area contributed by atoms with Crippen LogP contribution in [0.3, 0.4) is 0 Å². The number of hydrogen-bond acceptors (Lipinski definition) is 8. The molecule has 3 aromatic rings. The van der Waals surface area contributed by atoms with E-state index < -0.39 is 27.0 Å². The summed E-state index contributed by atoms with van der Waals surface area (Å²) >= 11 is 0.755. The van der Waals surface area contributed by atoms with E-state index in [0.29, 0.717) is 23.4 Å². The Morgan fingerprint density at radius 3 is 2.61 bits per heavy atom. The highest BCUT2D eigenvalue weighted by Gasteiger charge is 2.42. The van der Waals surface area contributed by atoms with E-state index in [4.69, 9.17) is 0 Å². The summed E-state index contributed by atoms with van der Waals surface area (Å²) in [5, 5.41) is 10.9. The summed E-state index contributed by atoms with van der Waals surface area (Å²) in [5.41, 5.74) is 1.04. The molecule has 0 aromatic carbocycles. The quantitative estimate of drug-likeness (QED) is 0.542. The molecule has 0 spiro atoms. The standard InChI is InChI=1S/C20H23F2N7O2S2/c1-20(4-5-20)27-33(30,31)13-6-14(28-8-11-2-3-12(9-28)24-11)15-7-23-17(29(15)10-13)19-26-25-18(32-19)16(21)22/h6-7,10-12,16,24,27H,2-5,8-9H2,1H3. The van der Waals surface area contributed by atoms with E-state index in [2.05, 4.69) is 30.1 Å². The van der Waals surface area contributed by atoms with Crippen molar-refractivity contribution in [3.8, 4) is 10.8 Å². The topological polar surface area (TPSA) is 105 Å². The van der Waals surface area contributed by atoms with Gasteiger partial charge in [0.1, 0.15) is 4.90 Å². The van der Waals surface area contributed by atoms with Gasteiger partial charge in [-0.1, -0.05) is 11.3 Å². The molecule has 2 bridgehead atoms. The first-order valence-corrected chi connectivity index (χ1v) is 13.2. The van der Waals surface area contributed by atoms with Crippen LogP contribution in [0.1, 0.15) is 44.0 Å². The molecule has 6 rings (SSSR count). The van der Waals surface area contributed by atoms with Gasteiger partial charge in [-0.25, -0.2) is 26.9 Å². The fourth-order valence-electron chi connectivity index (χ4n) is 4.69. The fourth-order valence-corrected chi connectivity index (χ4v) is 6.87. The zero-order valence-corrected chi connectivity index (χ0v) is 19.5. The molecule has 2 aliphatic heterocycles. The van der Waals surface area contributed by atoms with Gasteiger partial charge < -0.3 is 10.2 Å². The summed E-state index contributed by atoms with van der Waals surface area (Å²) in [7, 11) is -3.80. The minimum Gasteiger partial charge on any atom is -0.367 e.